The average Bonchev–Trinajstić information content (AvgIpc) is 2.81. The molecule has 0 aromatic carbocycles. The van der Waals surface area contributed by atoms with Crippen molar-refractivity contribution in [3.63, 3.8) is 0 Å². The topological polar surface area (TPSA) is 80.3 Å². The highest BCUT2D eigenvalue weighted by Gasteiger charge is 2.47. The lowest BCUT2D eigenvalue weighted by molar-refractivity contribution is -0.163. The SMILES string of the molecule is COC1CC(/C=C/C(=O)C2C(OCC=C(C)C)CCC3C(C)=CC(=O)OC32)CC(OC)C1OC. The first-order valence-electron chi connectivity index (χ1n) is 12.2. The van der Waals surface area contributed by atoms with Crippen molar-refractivity contribution >= 4 is 11.8 Å². The summed E-state index contributed by atoms with van der Waals surface area (Å²) < 4.78 is 28.7. The number of hydrogen-bond donors (Lipinski definition) is 0. The lowest BCUT2D eigenvalue weighted by Crippen LogP contribution is -2.50. The van der Waals surface area contributed by atoms with Crippen LogP contribution in [0.5, 0.6) is 0 Å². The number of methoxy groups -OCH3 is 3. The van der Waals surface area contributed by atoms with Gasteiger partial charge in [0.2, 0.25) is 0 Å². The van der Waals surface area contributed by atoms with E-state index in [9.17, 15) is 9.59 Å². The second-order valence-electron chi connectivity index (χ2n) is 9.89. The van der Waals surface area contributed by atoms with Crippen molar-refractivity contribution in [2.75, 3.05) is 27.9 Å². The Balaban J connectivity index is 1.78. The van der Waals surface area contributed by atoms with E-state index in [0.717, 1.165) is 36.8 Å². The van der Waals surface area contributed by atoms with Crippen LogP contribution in [0.15, 0.2) is 35.5 Å². The van der Waals surface area contributed by atoms with Gasteiger partial charge in [0, 0.05) is 33.3 Å². The van der Waals surface area contributed by atoms with Crippen molar-refractivity contribution in [1.82, 2.24) is 0 Å². The molecule has 0 radical (unpaired) electrons. The normalized spacial score (nSPS) is 35.9. The second kappa shape index (κ2) is 12.2. The van der Waals surface area contributed by atoms with Gasteiger partial charge in [-0.1, -0.05) is 23.3 Å². The lowest BCUT2D eigenvalue weighted by atomic mass is 9.71. The van der Waals surface area contributed by atoms with Crippen LogP contribution in [0.1, 0.15) is 46.5 Å². The molecule has 6 atom stereocenters. The summed E-state index contributed by atoms with van der Waals surface area (Å²) in [5.41, 5.74) is 2.14. The Morgan fingerprint density at radius 1 is 1.06 bits per heavy atom. The van der Waals surface area contributed by atoms with Gasteiger partial charge in [-0.05, 0) is 58.4 Å². The van der Waals surface area contributed by atoms with Crippen molar-refractivity contribution in [2.45, 2.75) is 77.0 Å². The number of ether oxygens (including phenoxy) is 5. The third-order valence-corrected chi connectivity index (χ3v) is 7.44. The van der Waals surface area contributed by atoms with Crippen molar-refractivity contribution in [2.24, 2.45) is 17.8 Å². The summed E-state index contributed by atoms with van der Waals surface area (Å²) in [4.78, 5) is 25.8. The fourth-order valence-corrected chi connectivity index (χ4v) is 5.59. The molecule has 0 bridgehead atoms. The molecule has 6 unspecified atom stereocenters. The molecule has 1 aliphatic heterocycles. The molecule has 3 rings (SSSR count). The summed E-state index contributed by atoms with van der Waals surface area (Å²) in [6.45, 7) is 6.42. The van der Waals surface area contributed by atoms with Crippen LogP contribution in [0.2, 0.25) is 0 Å². The number of carbonyl (C=O) groups excluding carboxylic acids is 2. The van der Waals surface area contributed by atoms with E-state index >= 15 is 0 Å². The molecule has 0 amide bonds. The fraction of sp³-hybridized carbons (Fsp3) is 0.704. The van der Waals surface area contributed by atoms with Gasteiger partial charge in [-0.2, -0.15) is 0 Å². The largest absolute Gasteiger partial charge is 0.458 e. The van der Waals surface area contributed by atoms with Gasteiger partial charge in [0.25, 0.3) is 0 Å². The van der Waals surface area contributed by atoms with Gasteiger partial charge >= 0.3 is 5.97 Å². The Morgan fingerprint density at radius 2 is 1.74 bits per heavy atom. The van der Waals surface area contributed by atoms with E-state index in [4.69, 9.17) is 23.7 Å². The van der Waals surface area contributed by atoms with E-state index in [0.29, 0.717) is 6.61 Å². The number of ketones is 1. The Hall–Kier alpha value is -1.80. The maximum absolute atomic E-state index is 13.6. The molecule has 7 heteroatoms. The molecule has 7 nitrogen and oxygen atoms in total. The Kier molecular flexibility index (Phi) is 9.65. The molecule has 2 fully saturated rings. The number of rotatable bonds is 9. The van der Waals surface area contributed by atoms with Gasteiger partial charge in [0.15, 0.2) is 5.78 Å². The molecular formula is C27H40O7. The van der Waals surface area contributed by atoms with Crippen LogP contribution in [0.3, 0.4) is 0 Å². The van der Waals surface area contributed by atoms with E-state index in [1.807, 2.05) is 32.9 Å². The minimum Gasteiger partial charge on any atom is -0.458 e. The quantitative estimate of drug-likeness (QED) is 0.284. The smallest absolute Gasteiger partial charge is 0.331 e. The van der Waals surface area contributed by atoms with E-state index in [2.05, 4.69) is 0 Å². The van der Waals surface area contributed by atoms with Crippen molar-refractivity contribution in [3.05, 3.63) is 35.5 Å². The van der Waals surface area contributed by atoms with Crippen LogP contribution >= 0.6 is 0 Å². The van der Waals surface area contributed by atoms with Gasteiger partial charge in [0.05, 0.1) is 30.8 Å². The predicted molar refractivity (Wildman–Crippen MR) is 128 cm³/mol. The molecule has 0 N–H and O–H groups in total. The third kappa shape index (κ3) is 6.25. The summed E-state index contributed by atoms with van der Waals surface area (Å²) in [5, 5.41) is 0. The van der Waals surface area contributed by atoms with Gasteiger partial charge in [-0.25, -0.2) is 4.79 Å². The molecule has 0 spiro atoms. The van der Waals surface area contributed by atoms with Crippen LogP contribution in [0.25, 0.3) is 0 Å². The van der Waals surface area contributed by atoms with Crippen LogP contribution in [0.4, 0.5) is 0 Å². The molecule has 2 aliphatic carbocycles. The Labute approximate surface area is 203 Å². The number of fused-ring (bicyclic) bond motifs is 1. The lowest BCUT2D eigenvalue weighted by Gasteiger charge is -2.43. The van der Waals surface area contributed by atoms with Crippen molar-refractivity contribution in [1.29, 1.82) is 0 Å². The molecule has 3 aliphatic rings. The van der Waals surface area contributed by atoms with Gasteiger partial charge < -0.3 is 23.7 Å². The fourth-order valence-electron chi connectivity index (χ4n) is 5.59. The molecule has 0 saturated heterocycles. The number of carbonyl (C=O) groups is 2. The zero-order chi connectivity index (χ0) is 24.8. The van der Waals surface area contributed by atoms with Crippen LogP contribution < -0.4 is 0 Å². The van der Waals surface area contributed by atoms with E-state index in [1.54, 1.807) is 33.5 Å². The zero-order valence-electron chi connectivity index (χ0n) is 21.3. The highest BCUT2D eigenvalue weighted by molar-refractivity contribution is 5.93. The van der Waals surface area contributed by atoms with Crippen LogP contribution in [-0.4, -0.2) is 70.2 Å². The number of hydrogen-bond acceptors (Lipinski definition) is 7. The first kappa shape index (κ1) is 26.8. The summed E-state index contributed by atoms with van der Waals surface area (Å²) in [5.74, 6) is -0.799. The average molecular weight is 477 g/mol. The van der Waals surface area contributed by atoms with Gasteiger partial charge in [-0.3, -0.25) is 4.79 Å². The maximum Gasteiger partial charge on any atom is 0.331 e. The maximum atomic E-state index is 13.6. The first-order valence-corrected chi connectivity index (χ1v) is 12.2. The summed E-state index contributed by atoms with van der Waals surface area (Å²) in [7, 11) is 5.01. The molecule has 190 valence electrons. The van der Waals surface area contributed by atoms with Gasteiger partial charge in [0.1, 0.15) is 12.2 Å². The summed E-state index contributed by atoms with van der Waals surface area (Å²) in [6.07, 6.45) is 9.08. The molecule has 34 heavy (non-hydrogen) atoms. The molecule has 0 aromatic rings. The molecule has 2 saturated carbocycles. The van der Waals surface area contributed by atoms with Crippen molar-refractivity contribution in [3.8, 4) is 0 Å². The standard InChI is InChI=1S/C27H40O7/c1-16(2)11-12-33-21-10-8-19-17(3)13-24(29)34-26(19)25(21)20(28)9-7-18-14-22(30-4)27(32-6)23(15-18)31-5/h7,9,11,13,18-19,21-23,25-27H,8,10,12,14-15H2,1-6H3/b9-7+. The van der Waals surface area contributed by atoms with Crippen LogP contribution in [0, 0.1) is 17.8 Å². The number of allylic oxidation sites excluding steroid dienone is 3. The summed E-state index contributed by atoms with van der Waals surface area (Å²) >= 11 is 0. The molecule has 1 heterocycles. The third-order valence-electron chi connectivity index (χ3n) is 7.44. The highest BCUT2D eigenvalue weighted by atomic mass is 16.6. The zero-order valence-corrected chi connectivity index (χ0v) is 21.3. The Bertz CT molecular complexity index is 796. The van der Waals surface area contributed by atoms with E-state index in [1.165, 1.54) is 0 Å². The molecule has 0 aromatic heterocycles. The van der Waals surface area contributed by atoms with Crippen molar-refractivity contribution < 1.29 is 33.3 Å². The van der Waals surface area contributed by atoms with Gasteiger partial charge in [-0.15, -0.1) is 0 Å². The Morgan fingerprint density at radius 3 is 2.32 bits per heavy atom. The second-order valence-corrected chi connectivity index (χ2v) is 9.89. The summed E-state index contributed by atoms with van der Waals surface area (Å²) in [6, 6.07) is 0. The first-order chi connectivity index (χ1) is 16.3. The minimum atomic E-state index is -0.528. The van der Waals surface area contributed by atoms with E-state index in [-0.39, 0.29) is 48.0 Å². The number of esters is 1. The predicted octanol–water partition coefficient (Wildman–Crippen LogP) is 3.82. The molecular weight excluding hydrogens is 436 g/mol. The van der Waals surface area contributed by atoms with Crippen LogP contribution in [-0.2, 0) is 33.3 Å². The minimum absolute atomic E-state index is 0.0521. The highest BCUT2D eigenvalue weighted by Crippen LogP contribution is 2.41. The monoisotopic (exact) mass is 476 g/mol. The van der Waals surface area contributed by atoms with E-state index < -0.39 is 12.0 Å².